The predicted molar refractivity (Wildman–Crippen MR) is 124 cm³/mol. The Labute approximate surface area is 209 Å². The monoisotopic (exact) mass is 522 g/mol. The van der Waals surface area contributed by atoms with Gasteiger partial charge in [0.2, 0.25) is 5.91 Å². The fraction of sp³-hybridized carbons (Fsp3) is 0.346. The SMILES string of the molecule is CN(Cc1cc(C(F)(F)F)cc(C(F)(F)F)c1)C(=O)C1CCN(c2cnccn2)CC1c1ccccc1. The van der Waals surface area contributed by atoms with Gasteiger partial charge in [0.05, 0.1) is 17.3 Å². The predicted octanol–water partition coefficient (Wildman–Crippen LogP) is 5.78. The molecule has 0 spiro atoms. The van der Waals surface area contributed by atoms with Gasteiger partial charge in [-0.05, 0) is 35.7 Å². The first kappa shape index (κ1) is 26.4. The van der Waals surface area contributed by atoms with E-state index in [0.29, 0.717) is 37.5 Å². The van der Waals surface area contributed by atoms with E-state index in [9.17, 15) is 31.1 Å². The van der Waals surface area contributed by atoms with E-state index in [1.165, 1.54) is 11.9 Å². The van der Waals surface area contributed by atoms with Gasteiger partial charge in [0.15, 0.2) is 0 Å². The summed E-state index contributed by atoms with van der Waals surface area (Å²) in [6.07, 6.45) is -4.73. The molecule has 2 unspecified atom stereocenters. The van der Waals surface area contributed by atoms with Crippen LogP contribution in [-0.4, -0.2) is 40.9 Å². The topological polar surface area (TPSA) is 49.3 Å². The molecular weight excluding hydrogens is 498 g/mol. The molecule has 0 saturated carbocycles. The maximum Gasteiger partial charge on any atom is 0.416 e. The Bertz CT molecular complexity index is 1180. The summed E-state index contributed by atoms with van der Waals surface area (Å²) in [5.41, 5.74) is -2.15. The van der Waals surface area contributed by atoms with Gasteiger partial charge in [-0.3, -0.25) is 9.78 Å². The van der Waals surface area contributed by atoms with Gasteiger partial charge in [0.25, 0.3) is 0 Å². The number of amides is 1. The maximum absolute atomic E-state index is 13.5. The van der Waals surface area contributed by atoms with Gasteiger partial charge < -0.3 is 9.80 Å². The maximum atomic E-state index is 13.5. The molecule has 2 heterocycles. The molecular formula is C26H24F6N4O. The molecule has 2 atom stereocenters. The molecule has 0 N–H and O–H groups in total. The van der Waals surface area contributed by atoms with Crippen molar-refractivity contribution in [1.29, 1.82) is 0 Å². The molecule has 196 valence electrons. The van der Waals surface area contributed by atoms with Gasteiger partial charge in [-0.2, -0.15) is 26.3 Å². The second-order valence-corrected chi connectivity index (χ2v) is 9.03. The Morgan fingerprint density at radius 3 is 2.22 bits per heavy atom. The molecule has 1 saturated heterocycles. The quantitative estimate of drug-likeness (QED) is 0.399. The lowest BCUT2D eigenvalue weighted by Crippen LogP contribution is -2.46. The fourth-order valence-corrected chi connectivity index (χ4v) is 4.69. The normalized spacial score (nSPS) is 18.5. The molecule has 11 heteroatoms. The van der Waals surface area contributed by atoms with Crippen LogP contribution in [0.2, 0.25) is 0 Å². The largest absolute Gasteiger partial charge is 0.416 e. The molecule has 5 nitrogen and oxygen atoms in total. The van der Waals surface area contributed by atoms with Crippen LogP contribution >= 0.6 is 0 Å². The first-order chi connectivity index (χ1) is 17.4. The molecule has 0 bridgehead atoms. The Morgan fingerprint density at radius 1 is 1.00 bits per heavy atom. The zero-order valence-electron chi connectivity index (χ0n) is 19.8. The number of carbonyl (C=O) groups is 1. The van der Waals surface area contributed by atoms with Gasteiger partial charge in [-0.15, -0.1) is 0 Å². The second-order valence-electron chi connectivity index (χ2n) is 9.03. The van der Waals surface area contributed by atoms with Crippen molar-refractivity contribution in [1.82, 2.24) is 14.9 Å². The molecule has 0 aliphatic carbocycles. The smallest absolute Gasteiger partial charge is 0.355 e. The molecule has 37 heavy (non-hydrogen) atoms. The molecule has 0 radical (unpaired) electrons. The van der Waals surface area contributed by atoms with Crippen molar-refractivity contribution < 1.29 is 31.1 Å². The summed E-state index contributed by atoms with van der Waals surface area (Å²) in [5, 5.41) is 0. The minimum Gasteiger partial charge on any atom is -0.355 e. The highest BCUT2D eigenvalue weighted by Crippen LogP contribution is 2.38. The van der Waals surface area contributed by atoms with E-state index >= 15 is 0 Å². The van der Waals surface area contributed by atoms with E-state index in [-0.39, 0.29) is 23.5 Å². The van der Waals surface area contributed by atoms with Crippen molar-refractivity contribution in [3.8, 4) is 0 Å². The van der Waals surface area contributed by atoms with E-state index in [1.807, 2.05) is 35.2 Å². The van der Waals surface area contributed by atoms with Crippen LogP contribution in [0.25, 0.3) is 0 Å². The van der Waals surface area contributed by atoms with Crippen LogP contribution in [0, 0.1) is 5.92 Å². The summed E-state index contributed by atoms with van der Waals surface area (Å²) in [6.45, 7) is 0.556. The van der Waals surface area contributed by atoms with Crippen LogP contribution in [0.15, 0.2) is 67.1 Å². The number of hydrogen-bond acceptors (Lipinski definition) is 4. The van der Waals surface area contributed by atoms with Crippen molar-refractivity contribution in [2.75, 3.05) is 25.0 Å². The van der Waals surface area contributed by atoms with Crippen molar-refractivity contribution in [3.05, 3.63) is 89.4 Å². The standard InChI is InChI=1S/C26H24F6N4O/c1-35(15-17-11-19(25(27,28)29)13-20(12-17)26(30,31)32)24(37)21-7-10-36(23-14-33-8-9-34-23)16-22(21)18-5-3-2-4-6-18/h2-6,8-9,11-14,21-22H,7,10,15-16H2,1H3. The van der Waals surface area contributed by atoms with Gasteiger partial charge in [0.1, 0.15) is 5.82 Å². The Kier molecular flexibility index (Phi) is 7.42. The number of rotatable bonds is 5. The highest BCUT2D eigenvalue weighted by Gasteiger charge is 2.39. The second kappa shape index (κ2) is 10.4. The summed E-state index contributed by atoms with van der Waals surface area (Å²) >= 11 is 0. The Morgan fingerprint density at radius 2 is 1.65 bits per heavy atom. The van der Waals surface area contributed by atoms with E-state index in [1.54, 1.807) is 18.6 Å². The summed E-state index contributed by atoms with van der Waals surface area (Å²) in [5.74, 6) is -0.475. The number of carbonyl (C=O) groups excluding carboxylic acids is 1. The van der Waals surface area contributed by atoms with Crippen molar-refractivity contribution in [2.24, 2.45) is 5.92 Å². The van der Waals surface area contributed by atoms with E-state index in [2.05, 4.69) is 9.97 Å². The van der Waals surface area contributed by atoms with Crippen molar-refractivity contribution >= 4 is 11.7 Å². The van der Waals surface area contributed by atoms with E-state index in [4.69, 9.17) is 0 Å². The lowest BCUT2D eigenvalue weighted by Gasteiger charge is -2.40. The van der Waals surface area contributed by atoms with Crippen molar-refractivity contribution in [2.45, 2.75) is 31.2 Å². The Balaban J connectivity index is 1.59. The number of aromatic nitrogens is 2. The summed E-state index contributed by atoms with van der Waals surface area (Å²) < 4.78 is 79.7. The third-order valence-corrected chi connectivity index (χ3v) is 6.47. The average Bonchev–Trinajstić information content (AvgIpc) is 2.87. The minimum atomic E-state index is -4.95. The van der Waals surface area contributed by atoms with Gasteiger partial charge in [0, 0.05) is 50.9 Å². The first-order valence-corrected chi connectivity index (χ1v) is 11.5. The third-order valence-electron chi connectivity index (χ3n) is 6.47. The lowest BCUT2D eigenvalue weighted by molar-refractivity contribution is -0.143. The molecule has 2 aromatic carbocycles. The molecule has 1 aliphatic rings. The molecule has 1 amide bonds. The highest BCUT2D eigenvalue weighted by atomic mass is 19.4. The van der Waals surface area contributed by atoms with Gasteiger partial charge >= 0.3 is 12.4 Å². The van der Waals surface area contributed by atoms with Crippen molar-refractivity contribution in [3.63, 3.8) is 0 Å². The number of halogens is 6. The first-order valence-electron chi connectivity index (χ1n) is 11.5. The van der Waals surface area contributed by atoms with E-state index in [0.717, 1.165) is 5.56 Å². The van der Waals surface area contributed by atoms with Crippen LogP contribution in [-0.2, 0) is 23.7 Å². The Hall–Kier alpha value is -3.63. The highest BCUT2D eigenvalue weighted by molar-refractivity contribution is 5.80. The van der Waals surface area contributed by atoms with Crippen LogP contribution < -0.4 is 4.90 Å². The van der Waals surface area contributed by atoms with E-state index < -0.39 is 35.9 Å². The molecule has 3 aromatic rings. The molecule has 1 fully saturated rings. The number of hydrogen-bond donors (Lipinski definition) is 0. The summed E-state index contributed by atoms with van der Waals surface area (Å²) in [4.78, 5) is 25.2. The minimum absolute atomic E-state index is 0.0823. The summed E-state index contributed by atoms with van der Waals surface area (Å²) in [7, 11) is 1.40. The fourth-order valence-electron chi connectivity index (χ4n) is 4.69. The zero-order valence-corrected chi connectivity index (χ0v) is 19.8. The number of piperidine rings is 1. The van der Waals surface area contributed by atoms with Crippen LogP contribution in [0.4, 0.5) is 32.2 Å². The zero-order chi connectivity index (χ0) is 26.8. The molecule has 4 rings (SSSR count). The average molecular weight is 522 g/mol. The van der Waals surface area contributed by atoms with Crippen LogP contribution in [0.3, 0.4) is 0 Å². The number of anilines is 1. The molecule has 1 aliphatic heterocycles. The van der Waals surface area contributed by atoms with Crippen LogP contribution in [0.1, 0.15) is 34.6 Å². The summed E-state index contributed by atoms with van der Waals surface area (Å²) in [6, 6.07) is 10.7. The molecule has 1 aromatic heterocycles. The third kappa shape index (κ3) is 6.20. The lowest BCUT2D eigenvalue weighted by atomic mass is 9.79. The van der Waals surface area contributed by atoms with Gasteiger partial charge in [-0.1, -0.05) is 30.3 Å². The van der Waals surface area contributed by atoms with Crippen LogP contribution in [0.5, 0.6) is 0 Å². The number of benzene rings is 2. The van der Waals surface area contributed by atoms with Gasteiger partial charge in [-0.25, -0.2) is 4.98 Å². The number of alkyl halides is 6. The number of nitrogens with zero attached hydrogens (tertiary/aromatic N) is 4.